The first kappa shape index (κ1) is 23.0. The van der Waals surface area contributed by atoms with Crippen molar-refractivity contribution in [3.8, 4) is 11.1 Å². The number of carbonyl (C=O) groups is 3. The van der Waals surface area contributed by atoms with Crippen molar-refractivity contribution >= 4 is 27.6 Å². The van der Waals surface area contributed by atoms with E-state index in [2.05, 4.69) is 5.32 Å². The number of nitrogens with zero attached hydrogens (tertiary/aromatic N) is 1. The van der Waals surface area contributed by atoms with Gasteiger partial charge in [0.2, 0.25) is 0 Å². The molecule has 0 aliphatic carbocycles. The fourth-order valence-corrected chi connectivity index (χ4v) is 3.92. The summed E-state index contributed by atoms with van der Waals surface area (Å²) >= 11 is 0. The lowest BCUT2D eigenvalue weighted by Gasteiger charge is -2.28. The number of aliphatic hydroxyl groups is 1. The second-order valence-electron chi connectivity index (χ2n) is 7.37. The van der Waals surface area contributed by atoms with Gasteiger partial charge in [0.25, 0.3) is 11.8 Å². The first-order valence-corrected chi connectivity index (χ1v) is 11.6. The Morgan fingerprint density at radius 1 is 1.03 bits per heavy atom. The minimum atomic E-state index is -3.27. The molecule has 0 unspecified atom stereocenters. The van der Waals surface area contributed by atoms with Gasteiger partial charge in [0.1, 0.15) is 17.9 Å². The molecule has 0 atom stereocenters. The molecule has 3 rings (SSSR count). The molecule has 0 saturated carbocycles. The number of sulfone groups is 1. The molecule has 0 aromatic heterocycles. The molecule has 1 heterocycles. The quantitative estimate of drug-likeness (QED) is 0.534. The third-order valence-electron chi connectivity index (χ3n) is 4.98. The lowest BCUT2D eigenvalue weighted by Crippen LogP contribution is -2.43. The van der Waals surface area contributed by atoms with Crippen LogP contribution in [0.5, 0.6) is 0 Å². The zero-order chi connectivity index (χ0) is 23.5. The largest absolute Gasteiger partial charge is 0.511 e. The molecule has 0 radical (unpaired) electrons. The van der Waals surface area contributed by atoms with E-state index in [0.717, 1.165) is 22.9 Å². The van der Waals surface area contributed by atoms with Gasteiger partial charge in [-0.3, -0.25) is 14.4 Å². The predicted octanol–water partition coefficient (Wildman–Crippen LogP) is 1.50. The highest BCUT2D eigenvalue weighted by Gasteiger charge is 2.32. The van der Waals surface area contributed by atoms with E-state index in [1.165, 1.54) is 4.90 Å². The highest BCUT2D eigenvalue weighted by Crippen LogP contribution is 2.24. The molecular formula is C22H22N2O7S. The Hall–Kier alpha value is -3.66. The van der Waals surface area contributed by atoms with E-state index in [9.17, 15) is 27.9 Å². The standard InChI is InChI=1S/C22H22N2O7S/c1-32(30,31)17-8-6-16(7-9-17)15-4-2-14(3-5-15)13-24-11-10-18(25)20(22(24)29)21(28)23-12-19(26)27/h2-9,25H,10-13H2,1H3,(H,23,28)(H,26,27). The Kier molecular flexibility index (Phi) is 6.64. The van der Waals surface area contributed by atoms with Crippen molar-refractivity contribution in [3.05, 3.63) is 65.4 Å². The molecule has 10 heteroatoms. The maximum absolute atomic E-state index is 12.7. The van der Waals surface area contributed by atoms with Gasteiger partial charge in [-0.1, -0.05) is 36.4 Å². The van der Waals surface area contributed by atoms with Crippen molar-refractivity contribution in [2.24, 2.45) is 0 Å². The molecule has 2 aromatic carbocycles. The summed E-state index contributed by atoms with van der Waals surface area (Å²) in [4.78, 5) is 37.1. The van der Waals surface area contributed by atoms with E-state index in [4.69, 9.17) is 5.11 Å². The van der Waals surface area contributed by atoms with Crippen molar-refractivity contribution in [1.82, 2.24) is 10.2 Å². The van der Waals surface area contributed by atoms with Gasteiger partial charge in [0.15, 0.2) is 9.84 Å². The van der Waals surface area contributed by atoms with Crippen molar-refractivity contribution in [2.45, 2.75) is 17.9 Å². The third-order valence-corrected chi connectivity index (χ3v) is 6.11. The van der Waals surface area contributed by atoms with Crippen LogP contribution in [-0.4, -0.2) is 60.7 Å². The van der Waals surface area contributed by atoms with Gasteiger partial charge >= 0.3 is 5.97 Å². The number of carboxylic acids is 1. The Morgan fingerprint density at radius 2 is 1.59 bits per heavy atom. The number of aliphatic hydroxyl groups excluding tert-OH is 1. The second-order valence-corrected chi connectivity index (χ2v) is 9.38. The topological polar surface area (TPSA) is 141 Å². The summed E-state index contributed by atoms with van der Waals surface area (Å²) in [6, 6.07) is 13.8. The van der Waals surface area contributed by atoms with E-state index in [1.54, 1.807) is 24.3 Å². The molecule has 2 aromatic rings. The normalized spacial score (nSPS) is 14.4. The van der Waals surface area contributed by atoms with Gasteiger partial charge in [-0.05, 0) is 28.8 Å². The van der Waals surface area contributed by atoms with Gasteiger partial charge in [0.05, 0.1) is 4.90 Å². The van der Waals surface area contributed by atoms with Crippen LogP contribution >= 0.6 is 0 Å². The van der Waals surface area contributed by atoms with E-state index in [-0.39, 0.29) is 30.2 Å². The van der Waals surface area contributed by atoms with Gasteiger partial charge in [0, 0.05) is 25.8 Å². The van der Waals surface area contributed by atoms with E-state index in [0.29, 0.717) is 0 Å². The van der Waals surface area contributed by atoms with Crippen LogP contribution in [0.3, 0.4) is 0 Å². The van der Waals surface area contributed by atoms with Crippen LogP contribution < -0.4 is 5.32 Å². The summed E-state index contributed by atoms with van der Waals surface area (Å²) in [6.07, 6.45) is 1.24. The summed E-state index contributed by atoms with van der Waals surface area (Å²) in [5.74, 6) is -3.21. The van der Waals surface area contributed by atoms with Crippen LogP contribution in [0.2, 0.25) is 0 Å². The number of nitrogens with one attached hydrogen (secondary N) is 1. The van der Waals surface area contributed by atoms with Gasteiger partial charge < -0.3 is 20.4 Å². The molecule has 1 aliphatic rings. The summed E-state index contributed by atoms with van der Waals surface area (Å²) in [6.45, 7) is -0.236. The lowest BCUT2D eigenvalue weighted by molar-refractivity contribution is -0.138. The number of carbonyl (C=O) groups excluding carboxylic acids is 2. The average Bonchev–Trinajstić information content (AvgIpc) is 2.74. The SMILES string of the molecule is CS(=O)(=O)c1ccc(-c2ccc(CN3CCC(O)=C(C(=O)NCC(=O)O)C3=O)cc2)cc1. The predicted molar refractivity (Wildman–Crippen MR) is 115 cm³/mol. The molecular weight excluding hydrogens is 436 g/mol. The van der Waals surface area contributed by atoms with E-state index in [1.807, 2.05) is 24.3 Å². The first-order chi connectivity index (χ1) is 15.1. The molecule has 9 nitrogen and oxygen atoms in total. The van der Waals surface area contributed by atoms with Crippen LogP contribution in [0.15, 0.2) is 64.8 Å². The smallest absolute Gasteiger partial charge is 0.322 e. The molecule has 168 valence electrons. The second kappa shape index (κ2) is 9.23. The molecule has 0 fully saturated rings. The fourth-order valence-electron chi connectivity index (χ4n) is 3.29. The summed E-state index contributed by atoms with van der Waals surface area (Å²) in [7, 11) is -3.27. The van der Waals surface area contributed by atoms with Crippen molar-refractivity contribution < 1.29 is 33.0 Å². The Bertz CT molecular complexity index is 1180. The Labute approximate surface area is 184 Å². The van der Waals surface area contributed by atoms with E-state index < -0.39 is 39.7 Å². The monoisotopic (exact) mass is 458 g/mol. The molecule has 1 aliphatic heterocycles. The number of rotatable bonds is 7. The number of hydrogen-bond donors (Lipinski definition) is 3. The van der Waals surface area contributed by atoms with Gasteiger partial charge in [-0.2, -0.15) is 0 Å². The third kappa shape index (κ3) is 5.33. The first-order valence-electron chi connectivity index (χ1n) is 9.67. The van der Waals surface area contributed by atoms with Crippen LogP contribution in [0.25, 0.3) is 11.1 Å². The van der Waals surface area contributed by atoms with Crippen LogP contribution in [0.4, 0.5) is 0 Å². The fraction of sp³-hybridized carbons (Fsp3) is 0.227. The number of carboxylic acid groups (broad SMARTS) is 1. The molecule has 0 saturated heterocycles. The summed E-state index contributed by atoms with van der Waals surface area (Å²) in [5, 5.41) is 20.7. The number of amides is 2. The molecule has 32 heavy (non-hydrogen) atoms. The van der Waals surface area contributed by atoms with Gasteiger partial charge in [-0.15, -0.1) is 0 Å². The van der Waals surface area contributed by atoms with Gasteiger partial charge in [-0.25, -0.2) is 8.42 Å². The molecule has 0 spiro atoms. The van der Waals surface area contributed by atoms with E-state index >= 15 is 0 Å². The van der Waals surface area contributed by atoms with Crippen LogP contribution in [0, 0.1) is 0 Å². The zero-order valence-corrected chi connectivity index (χ0v) is 18.1. The highest BCUT2D eigenvalue weighted by atomic mass is 32.2. The minimum absolute atomic E-state index is 0.0896. The average molecular weight is 458 g/mol. The Morgan fingerprint density at radius 3 is 2.12 bits per heavy atom. The van der Waals surface area contributed by atoms with Crippen molar-refractivity contribution in [1.29, 1.82) is 0 Å². The van der Waals surface area contributed by atoms with Crippen LogP contribution in [0.1, 0.15) is 12.0 Å². The van der Waals surface area contributed by atoms with Crippen molar-refractivity contribution in [3.63, 3.8) is 0 Å². The molecule has 3 N–H and O–H groups in total. The number of aliphatic carboxylic acids is 1. The number of hydrogen-bond acceptors (Lipinski definition) is 6. The Balaban J connectivity index is 1.71. The molecule has 0 bridgehead atoms. The number of benzene rings is 2. The zero-order valence-electron chi connectivity index (χ0n) is 17.2. The molecule has 2 amide bonds. The van der Waals surface area contributed by atoms with Crippen LogP contribution in [-0.2, 0) is 30.8 Å². The highest BCUT2D eigenvalue weighted by molar-refractivity contribution is 7.90. The minimum Gasteiger partial charge on any atom is -0.511 e. The summed E-state index contributed by atoms with van der Waals surface area (Å²) in [5.41, 5.74) is 2.05. The van der Waals surface area contributed by atoms with Crippen molar-refractivity contribution in [2.75, 3.05) is 19.3 Å². The maximum atomic E-state index is 12.7. The maximum Gasteiger partial charge on any atom is 0.322 e. The summed E-state index contributed by atoms with van der Waals surface area (Å²) < 4.78 is 23.2. The lowest BCUT2D eigenvalue weighted by atomic mass is 10.0.